The van der Waals surface area contributed by atoms with Crippen molar-refractivity contribution in [1.29, 1.82) is 0 Å². The van der Waals surface area contributed by atoms with Crippen LogP contribution in [0.1, 0.15) is 85.5 Å². The van der Waals surface area contributed by atoms with Crippen LogP contribution in [0, 0.1) is 52.3 Å². The molecule has 2 unspecified atom stereocenters. The molecule has 4 aliphatic heterocycles. The van der Waals surface area contributed by atoms with Crippen molar-refractivity contribution in [3.8, 4) is 0 Å². The van der Waals surface area contributed by atoms with Gasteiger partial charge in [0.25, 0.3) is 0 Å². The second-order valence-electron chi connectivity index (χ2n) is 21.6. The zero-order valence-electron chi connectivity index (χ0n) is 37.8. The monoisotopic (exact) mass is 936 g/mol. The summed E-state index contributed by atoms with van der Waals surface area (Å²) in [6.45, 7) is 6.91. The molecular formula is C45H76O20. The summed E-state index contributed by atoms with van der Waals surface area (Å²) >= 11 is 0. The molecule has 0 aromatic rings. The Morgan fingerprint density at radius 1 is 0.646 bits per heavy atom. The Morgan fingerprint density at radius 3 is 1.86 bits per heavy atom. The highest BCUT2D eigenvalue weighted by molar-refractivity contribution is 5.15. The topological polar surface area (TPSA) is 328 Å². The first kappa shape index (κ1) is 50.6. The van der Waals surface area contributed by atoms with Gasteiger partial charge in [-0.1, -0.05) is 27.7 Å². The predicted octanol–water partition coefficient (Wildman–Crippen LogP) is -2.81. The maximum atomic E-state index is 12.1. The highest BCUT2D eigenvalue weighted by atomic mass is 16.8. The SMILES string of the molecule is C[C@H](CCC1(O)O[C@H]2C[C@H]3[C@@H]4CC[C@@H]5C[C@@H](O[C@@H]6O[C@H](CO)[C@H](O)[C@H](O)[C@H]6O[C@@H]6O[C@H](CO)[C@@H](O)[C@H](O)[C@H]6O)[C@@H](O)C[C@]5(C)[C@H]4CC[C@]3(C)C2[C@@H]1C)CO[C@@H]1O[C@H](CO)[C@@H](O)[C@H](O)[C@H]1O. The van der Waals surface area contributed by atoms with E-state index in [4.69, 9.17) is 33.2 Å². The van der Waals surface area contributed by atoms with Crippen molar-refractivity contribution in [2.75, 3.05) is 26.4 Å². The number of hydrogen-bond acceptors (Lipinski definition) is 20. The minimum Gasteiger partial charge on any atom is -0.394 e. The average molecular weight is 937 g/mol. The van der Waals surface area contributed by atoms with Crippen molar-refractivity contribution in [1.82, 2.24) is 0 Å². The highest BCUT2D eigenvalue weighted by Crippen LogP contribution is 2.71. The molecular weight excluding hydrogens is 860 g/mol. The van der Waals surface area contributed by atoms with Crippen molar-refractivity contribution < 1.29 is 99.5 Å². The molecule has 376 valence electrons. The molecule has 0 bridgehead atoms. The molecule has 4 heterocycles. The van der Waals surface area contributed by atoms with Gasteiger partial charge in [0.2, 0.25) is 0 Å². The molecule has 20 nitrogen and oxygen atoms in total. The molecule has 4 aliphatic carbocycles. The van der Waals surface area contributed by atoms with Gasteiger partial charge in [0.05, 0.1) is 44.7 Å². The summed E-state index contributed by atoms with van der Waals surface area (Å²) in [7, 11) is 0. The summed E-state index contributed by atoms with van der Waals surface area (Å²) in [5.74, 6) is -0.194. The van der Waals surface area contributed by atoms with Gasteiger partial charge in [-0.05, 0) is 97.7 Å². The third-order valence-corrected chi connectivity index (χ3v) is 18.0. The molecule has 0 aromatic heterocycles. The molecule has 8 aliphatic rings. The van der Waals surface area contributed by atoms with Crippen LogP contribution in [0.5, 0.6) is 0 Å². The van der Waals surface area contributed by atoms with Crippen molar-refractivity contribution >= 4 is 0 Å². The van der Waals surface area contributed by atoms with Crippen molar-refractivity contribution in [3.63, 3.8) is 0 Å². The first-order chi connectivity index (χ1) is 30.7. The minimum absolute atomic E-state index is 0.0708. The van der Waals surface area contributed by atoms with Crippen LogP contribution >= 0.6 is 0 Å². The summed E-state index contributed by atoms with van der Waals surface area (Å²) in [4.78, 5) is 0. The Kier molecular flexibility index (Phi) is 15.1. The average Bonchev–Trinajstić information content (AvgIpc) is 3.72. The van der Waals surface area contributed by atoms with Gasteiger partial charge in [0, 0.05) is 12.3 Å². The lowest BCUT2D eigenvalue weighted by Crippen LogP contribution is -2.65. The number of aliphatic hydroxyl groups is 13. The molecule has 0 amide bonds. The molecule has 8 fully saturated rings. The maximum Gasteiger partial charge on any atom is 0.187 e. The second-order valence-corrected chi connectivity index (χ2v) is 21.6. The lowest BCUT2D eigenvalue weighted by atomic mass is 9.44. The van der Waals surface area contributed by atoms with E-state index in [0.29, 0.717) is 43.4 Å². The fourth-order valence-corrected chi connectivity index (χ4v) is 14.2. The Balaban J connectivity index is 0.885. The van der Waals surface area contributed by atoms with E-state index in [0.717, 1.165) is 32.1 Å². The summed E-state index contributed by atoms with van der Waals surface area (Å²) in [6, 6.07) is 0. The van der Waals surface area contributed by atoms with E-state index in [1.165, 1.54) is 0 Å². The summed E-state index contributed by atoms with van der Waals surface area (Å²) in [5, 5.41) is 137. The normalized spacial score (nSPS) is 56.1. The largest absolute Gasteiger partial charge is 0.394 e. The molecule has 28 atom stereocenters. The van der Waals surface area contributed by atoms with Gasteiger partial charge >= 0.3 is 0 Å². The molecule has 0 aromatic carbocycles. The van der Waals surface area contributed by atoms with Crippen LogP contribution in [0.4, 0.5) is 0 Å². The molecule has 0 radical (unpaired) electrons. The highest BCUT2D eigenvalue weighted by Gasteiger charge is 2.69. The van der Waals surface area contributed by atoms with Crippen LogP contribution in [0.3, 0.4) is 0 Å². The van der Waals surface area contributed by atoms with Gasteiger partial charge in [0.1, 0.15) is 73.2 Å². The number of ether oxygens (including phenoxy) is 7. The maximum absolute atomic E-state index is 12.1. The quantitative estimate of drug-likeness (QED) is 0.0829. The van der Waals surface area contributed by atoms with Gasteiger partial charge < -0.3 is 99.5 Å². The van der Waals surface area contributed by atoms with Gasteiger partial charge in [-0.3, -0.25) is 0 Å². The number of aliphatic hydroxyl groups excluding tert-OH is 12. The Morgan fingerprint density at radius 2 is 1.23 bits per heavy atom. The van der Waals surface area contributed by atoms with Crippen LogP contribution in [0.15, 0.2) is 0 Å². The molecule has 8 rings (SSSR count). The van der Waals surface area contributed by atoms with Crippen LogP contribution < -0.4 is 0 Å². The van der Waals surface area contributed by atoms with Gasteiger partial charge in [-0.15, -0.1) is 0 Å². The summed E-state index contributed by atoms with van der Waals surface area (Å²) in [6.07, 6.45) is -18.0. The molecule has 20 heteroatoms. The van der Waals surface area contributed by atoms with Gasteiger partial charge in [-0.2, -0.15) is 0 Å². The third-order valence-electron chi connectivity index (χ3n) is 18.0. The first-order valence-electron chi connectivity index (χ1n) is 23.9. The zero-order valence-corrected chi connectivity index (χ0v) is 37.8. The Labute approximate surface area is 379 Å². The molecule has 13 N–H and O–H groups in total. The fraction of sp³-hybridized carbons (Fsp3) is 1.00. The van der Waals surface area contributed by atoms with Gasteiger partial charge in [-0.25, -0.2) is 0 Å². The standard InChI is InChI=1S/C45H76O20/c1-18(17-59-40-37(56)34(53)31(50)27(14-46)61-40)7-10-45(58)19(2)30-26(65-45)12-23-21-6-5-20-11-25(24(49)13-44(20,4)22(21)8-9-43(23,30)3)60-42-39(36(55)33(52)29(16-48)63-42)64-41-38(57)35(54)32(51)28(15-47)62-41/h18-42,46-58H,5-17H2,1-4H3/t18-,19+,20-,21-,22+,23+,24+,25-,26+,27-,28-,29-,30?,31-,32-,33+,34+,35+,36+,37-,38-,39-,40-,41+,42-,43+,44+,45?/m1/s1. The smallest absolute Gasteiger partial charge is 0.187 e. The fourth-order valence-electron chi connectivity index (χ4n) is 14.2. The van der Waals surface area contributed by atoms with Crippen LogP contribution in [0.2, 0.25) is 0 Å². The lowest BCUT2D eigenvalue weighted by Gasteiger charge is -2.62. The number of fused-ring (bicyclic) bond motifs is 7. The van der Waals surface area contributed by atoms with Crippen LogP contribution in [-0.4, -0.2) is 209 Å². The molecule has 4 saturated heterocycles. The number of rotatable bonds is 13. The summed E-state index contributed by atoms with van der Waals surface area (Å²) < 4.78 is 41.7. The van der Waals surface area contributed by atoms with E-state index in [9.17, 15) is 66.4 Å². The third kappa shape index (κ3) is 8.89. The summed E-state index contributed by atoms with van der Waals surface area (Å²) in [5.41, 5.74) is -0.302. The van der Waals surface area contributed by atoms with Crippen molar-refractivity contribution in [2.24, 2.45) is 52.3 Å². The first-order valence-corrected chi connectivity index (χ1v) is 23.9. The van der Waals surface area contributed by atoms with E-state index in [2.05, 4.69) is 20.8 Å². The van der Waals surface area contributed by atoms with Crippen LogP contribution in [-0.2, 0) is 33.2 Å². The molecule has 4 saturated carbocycles. The van der Waals surface area contributed by atoms with Crippen LogP contribution in [0.25, 0.3) is 0 Å². The zero-order chi connectivity index (χ0) is 47.1. The van der Waals surface area contributed by atoms with E-state index < -0.39 is 130 Å². The Hall–Kier alpha value is -0.800. The molecule has 0 spiro atoms. The second kappa shape index (κ2) is 19.4. The van der Waals surface area contributed by atoms with E-state index in [1.54, 1.807) is 0 Å². The predicted molar refractivity (Wildman–Crippen MR) is 220 cm³/mol. The lowest BCUT2D eigenvalue weighted by molar-refractivity contribution is -0.376. The van der Waals surface area contributed by atoms with Crippen molar-refractivity contribution in [2.45, 2.75) is 202 Å². The minimum atomic E-state index is -1.81. The van der Waals surface area contributed by atoms with E-state index >= 15 is 0 Å². The van der Waals surface area contributed by atoms with Crippen molar-refractivity contribution in [3.05, 3.63) is 0 Å². The molecule has 65 heavy (non-hydrogen) atoms. The van der Waals surface area contributed by atoms with E-state index in [-0.39, 0.29) is 47.2 Å². The van der Waals surface area contributed by atoms with Gasteiger partial charge in [0.15, 0.2) is 24.7 Å². The Bertz CT molecular complexity index is 1600. The number of hydrogen-bond donors (Lipinski definition) is 13. The van der Waals surface area contributed by atoms with E-state index in [1.807, 2.05) is 6.92 Å².